The van der Waals surface area contributed by atoms with E-state index in [1.165, 1.54) is 38.9 Å². The van der Waals surface area contributed by atoms with Gasteiger partial charge in [0, 0.05) is 41.0 Å². The second-order valence-electron chi connectivity index (χ2n) is 7.32. The normalized spacial score (nSPS) is 11.1. The van der Waals surface area contributed by atoms with Gasteiger partial charge in [0.2, 0.25) is 11.2 Å². The Labute approximate surface area is 160 Å². The van der Waals surface area contributed by atoms with Gasteiger partial charge in [-0.2, -0.15) is 4.57 Å². The van der Waals surface area contributed by atoms with Crippen LogP contribution in [0.2, 0.25) is 0 Å². The van der Waals surface area contributed by atoms with Crippen molar-refractivity contribution in [2.75, 3.05) is 0 Å². The lowest BCUT2D eigenvalue weighted by Crippen LogP contribution is -2.32. The molecule has 134 valence electrons. The molecule has 4 aromatic rings. The fourth-order valence-corrected chi connectivity index (χ4v) is 3.70. The van der Waals surface area contributed by atoms with Crippen LogP contribution in [0.3, 0.4) is 0 Å². The highest BCUT2D eigenvalue weighted by Gasteiger charge is 2.17. The number of rotatable bonds is 2. The zero-order valence-corrected chi connectivity index (χ0v) is 16.5. The minimum atomic E-state index is 0.791. The van der Waals surface area contributed by atoms with Crippen molar-refractivity contribution in [2.45, 2.75) is 27.7 Å². The number of hydrogen-bond acceptors (Lipinski definition) is 2. The Morgan fingerprint density at radius 1 is 0.778 bits per heavy atom. The molecule has 0 fully saturated rings. The average molecular weight is 354 g/mol. The zero-order chi connectivity index (χ0) is 19.1. The SMILES string of the molecule is Cc1cc(C)c(C)c(-c2ccc3cc(-c4cnc(C)nc4)ccc3[n+]2C)c1. The molecule has 0 amide bonds. The van der Waals surface area contributed by atoms with Crippen LogP contribution >= 0.6 is 0 Å². The van der Waals surface area contributed by atoms with Gasteiger partial charge in [-0.25, -0.2) is 9.97 Å². The summed E-state index contributed by atoms with van der Waals surface area (Å²) in [6.07, 6.45) is 3.77. The lowest BCUT2D eigenvalue weighted by molar-refractivity contribution is -0.633. The fourth-order valence-electron chi connectivity index (χ4n) is 3.70. The van der Waals surface area contributed by atoms with Crippen LogP contribution in [-0.4, -0.2) is 9.97 Å². The number of benzene rings is 2. The number of hydrogen-bond donors (Lipinski definition) is 0. The minimum absolute atomic E-state index is 0.791. The van der Waals surface area contributed by atoms with Crippen molar-refractivity contribution >= 4 is 10.9 Å². The summed E-state index contributed by atoms with van der Waals surface area (Å²) in [6.45, 7) is 8.45. The Morgan fingerprint density at radius 2 is 1.52 bits per heavy atom. The first-order chi connectivity index (χ1) is 12.9. The predicted octanol–water partition coefficient (Wildman–Crippen LogP) is 5.02. The third kappa shape index (κ3) is 3.10. The summed E-state index contributed by atoms with van der Waals surface area (Å²) >= 11 is 0. The average Bonchev–Trinajstić information content (AvgIpc) is 2.65. The third-order valence-corrected chi connectivity index (χ3v) is 5.37. The molecule has 0 N–H and O–H groups in total. The lowest BCUT2D eigenvalue weighted by atomic mass is 9.96. The smallest absolute Gasteiger partial charge is 0.213 e. The number of aryl methyl sites for hydroxylation is 4. The molecule has 0 unspecified atom stereocenters. The molecule has 2 aromatic heterocycles. The second kappa shape index (κ2) is 6.58. The van der Waals surface area contributed by atoms with Gasteiger partial charge in [-0.15, -0.1) is 0 Å². The van der Waals surface area contributed by atoms with Gasteiger partial charge in [0.15, 0.2) is 0 Å². The van der Waals surface area contributed by atoms with E-state index in [0.717, 1.165) is 17.0 Å². The summed E-state index contributed by atoms with van der Waals surface area (Å²) in [5.41, 5.74) is 9.89. The van der Waals surface area contributed by atoms with E-state index >= 15 is 0 Å². The highest BCUT2D eigenvalue weighted by Crippen LogP contribution is 2.28. The fraction of sp³-hybridized carbons (Fsp3) is 0.208. The molecule has 4 rings (SSSR count). The first-order valence-corrected chi connectivity index (χ1v) is 9.24. The lowest BCUT2D eigenvalue weighted by Gasteiger charge is -2.11. The maximum Gasteiger partial charge on any atom is 0.213 e. The summed E-state index contributed by atoms with van der Waals surface area (Å²) in [5, 5.41) is 1.21. The number of nitrogens with zero attached hydrogens (tertiary/aromatic N) is 3. The van der Waals surface area contributed by atoms with E-state index in [1.807, 2.05) is 19.3 Å². The summed E-state index contributed by atoms with van der Waals surface area (Å²) in [7, 11) is 2.14. The molecule has 3 nitrogen and oxygen atoms in total. The van der Waals surface area contributed by atoms with Gasteiger partial charge in [0.1, 0.15) is 12.9 Å². The highest BCUT2D eigenvalue weighted by molar-refractivity contribution is 5.83. The van der Waals surface area contributed by atoms with Gasteiger partial charge in [-0.05, 0) is 68.7 Å². The number of fused-ring (bicyclic) bond motifs is 1. The van der Waals surface area contributed by atoms with Gasteiger partial charge in [0.25, 0.3) is 0 Å². The van der Waals surface area contributed by atoms with Crippen LogP contribution in [0.5, 0.6) is 0 Å². The summed E-state index contributed by atoms with van der Waals surface area (Å²) in [5.74, 6) is 0.791. The Balaban J connectivity index is 1.86. The number of pyridine rings is 1. The molecule has 0 spiro atoms. The van der Waals surface area contributed by atoms with Gasteiger partial charge in [-0.3, -0.25) is 0 Å². The van der Waals surface area contributed by atoms with E-state index in [1.54, 1.807) is 0 Å². The van der Waals surface area contributed by atoms with Crippen LogP contribution < -0.4 is 4.57 Å². The van der Waals surface area contributed by atoms with E-state index < -0.39 is 0 Å². The van der Waals surface area contributed by atoms with Crippen molar-refractivity contribution in [1.82, 2.24) is 9.97 Å². The Kier molecular flexibility index (Phi) is 4.23. The van der Waals surface area contributed by atoms with Crippen molar-refractivity contribution in [3.05, 3.63) is 77.4 Å². The minimum Gasteiger partial charge on any atom is -0.241 e. The zero-order valence-electron chi connectivity index (χ0n) is 16.5. The molecule has 0 atom stereocenters. The van der Waals surface area contributed by atoms with Crippen molar-refractivity contribution in [3.8, 4) is 22.4 Å². The Bertz CT molecular complexity index is 1160. The molecule has 3 heteroatoms. The van der Waals surface area contributed by atoms with E-state index in [0.29, 0.717) is 0 Å². The molecule has 2 heterocycles. The van der Waals surface area contributed by atoms with Gasteiger partial charge < -0.3 is 0 Å². The van der Waals surface area contributed by atoms with Crippen molar-refractivity contribution in [1.29, 1.82) is 0 Å². The first kappa shape index (κ1) is 17.3. The van der Waals surface area contributed by atoms with Crippen LogP contribution in [0.25, 0.3) is 33.3 Å². The van der Waals surface area contributed by atoms with Gasteiger partial charge in [-0.1, -0.05) is 11.6 Å². The van der Waals surface area contributed by atoms with E-state index in [2.05, 4.69) is 84.8 Å². The van der Waals surface area contributed by atoms with Crippen molar-refractivity contribution in [3.63, 3.8) is 0 Å². The summed E-state index contributed by atoms with van der Waals surface area (Å²) in [4.78, 5) is 8.63. The molecule has 0 saturated carbocycles. The maximum atomic E-state index is 4.32. The van der Waals surface area contributed by atoms with E-state index in [4.69, 9.17) is 0 Å². The molecule has 2 aromatic carbocycles. The van der Waals surface area contributed by atoms with Crippen LogP contribution in [-0.2, 0) is 7.05 Å². The molecule has 27 heavy (non-hydrogen) atoms. The molecule has 0 bridgehead atoms. The summed E-state index contributed by atoms with van der Waals surface area (Å²) < 4.78 is 2.28. The molecule has 0 aliphatic carbocycles. The molecule has 0 aliphatic heterocycles. The third-order valence-electron chi connectivity index (χ3n) is 5.37. The first-order valence-electron chi connectivity index (χ1n) is 9.24. The van der Waals surface area contributed by atoms with E-state index in [9.17, 15) is 0 Å². The molecule has 0 aliphatic rings. The second-order valence-corrected chi connectivity index (χ2v) is 7.32. The van der Waals surface area contributed by atoms with Gasteiger partial charge in [0.05, 0.1) is 0 Å². The molecule has 0 saturated heterocycles. The molecular weight excluding hydrogens is 330 g/mol. The van der Waals surface area contributed by atoms with Crippen LogP contribution in [0.1, 0.15) is 22.5 Å². The van der Waals surface area contributed by atoms with Crippen LogP contribution in [0, 0.1) is 27.7 Å². The van der Waals surface area contributed by atoms with Crippen LogP contribution in [0.4, 0.5) is 0 Å². The monoisotopic (exact) mass is 354 g/mol. The summed E-state index contributed by atoms with van der Waals surface area (Å²) in [6, 6.07) is 15.5. The maximum absolute atomic E-state index is 4.32. The molecule has 0 radical (unpaired) electrons. The number of aromatic nitrogens is 3. The van der Waals surface area contributed by atoms with Gasteiger partial charge >= 0.3 is 0 Å². The standard InChI is InChI=1S/C24H24N3/c1-15-10-16(2)17(3)22(11-15)24-9-7-20-12-19(6-8-23(20)27(24)5)21-13-25-18(4)26-14-21/h6-14H,1-5H3/q+1. The van der Waals surface area contributed by atoms with Crippen molar-refractivity contribution in [2.24, 2.45) is 7.05 Å². The van der Waals surface area contributed by atoms with Crippen molar-refractivity contribution < 1.29 is 4.57 Å². The largest absolute Gasteiger partial charge is 0.241 e. The predicted molar refractivity (Wildman–Crippen MR) is 111 cm³/mol. The molecular formula is C24H24N3+. The Hall–Kier alpha value is -3.07. The highest BCUT2D eigenvalue weighted by atomic mass is 14.9. The van der Waals surface area contributed by atoms with Crippen LogP contribution in [0.15, 0.2) is 54.9 Å². The van der Waals surface area contributed by atoms with E-state index in [-0.39, 0.29) is 0 Å². The Morgan fingerprint density at radius 3 is 2.26 bits per heavy atom. The quantitative estimate of drug-likeness (QED) is 0.473. The topological polar surface area (TPSA) is 29.7 Å².